The van der Waals surface area contributed by atoms with E-state index >= 15 is 0 Å². The number of nitrogens with two attached hydrogens (primary N) is 1. The van der Waals surface area contributed by atoms with Crippen molar-refractivity contribution in [2.45, 2.75) is 6.42 Å². The number of pyridine rings is 1. The van der Waals surface area contributed by atoms with Crippen LogP contribution in [-0.4, -0.2) is 16.0 Å². The number of amides is 1. The molecule has 1 amide bonds. The van der Waals surface area contributed by atoms with Crippen molar-refractivity contribution in [3.63, 3.8) is 0 Å². The van der Waals surface area contributed by atoms with Crippen LogP contribution in [0.4, 0.5) is 15.9 Å². The number of ether oxygens (including phenoxy) is 1. The maximum absolute atomic E-state index is 12.9. The van der Waals surface area contributed by atoms with E-state index in [4.69, 9.17) is 22.7 Å². The van der Waals surface area contributed by atoms with Crippen LogP contribution >= 0.6 is 12.2 Å². The van der Waals surface area contributed by atoms with E-state index in [-0.39, 0.29) is 23.3 Å². The van der Waals surface area contributed by atoms with Crippen LogP contribution in [0.3, 0.4) is 0 Å². The molecule has 142 valence electrons. The first-order chi connectivity index (χ1) is 13.5. The molecule has 0 fully saturated rings. The smallest absolute Gasteiger partial charge is 0.230 e. The van der Waals surface area contributed by atoms with Gasteiger partial charge in [0, 0.05) is 18.0 Å². The Kier molecular flexibility index (Phi) is 6.13. The molecule has 0 aliphatic carbocycles. The molecular weight excluding hydrogens is 379 g/mol. The minimum Gasteiger partial charge on any atom is -0.457 e. The van der Waals surface area contributed by atoms with Gasteiger partial charge in [-0.2, -0.15) is 0 Å². The van der Waals surface area contributed by atoms with Gasteiger partial charge in [0.2, 0.25) is 5.91 Å². The number of aromatic nitrogens is 1. The van der Waals surface area contributed by atoms with Crippen molar-refractivity contribution in [2.24, 2.45) is 0 Å². The molecule has 0 unspecified atom stereocenters. The number of halogens is 1. The molecule has 0 saturated heterocycles. The third-order valence-electron chi connectivity index (χ3n) is 3.63. The van der Waals surface area contributed by atoms with Gasteiger partial charge in [-0.1, -0.05) is 12.1 Å². The van der Waals surface area contributed by atoms with E-state index in [0.717, 1.165) is 0 Å². The summed E-state index contributed by atoms with van der Waals surface area (Å²) in [7, 11) is 0. The van der Waals surface area contributed by atoms with Crippen molar-refractivity contribution in [2.75, 3.05) is 11.1 Å². The summed E-state index contributed by atoms with van der Waals surface area (Å²) < 4.78 is 18.6. The highest BCUT2D eigenvalue weighted by Gasteiger charge is 2.07. The van der Waals surface area contributed by atoms with Gasteiger partial charge in [-0.05, 0) is 60.2 Å². The number of hydrogen-bond acceptors (Lipinski definition) is 5. The Morgan fingerprint density at radius 1 is 1.07 bits per heavy atom. The normalized spacial score (nSPS) is 10.2. The number of thiocarbonyl (C=S) groups is 1. The number of carbonyl (C=O) groups is 1. The first-order valence-corrected chi connectivity index (χ1v) is 8.73. The fourth-order valence-corrected chi connectivity index (χ4v) is 2.59. The Bertz CT molecular complexity index is 978. The number of benzene rings is 2. The number of rotatable bonds is 5. The van der Waals surface area contributed by atoms with Crippen molar-refractivity contribution in [1.29, 1.82) is 0 Å². The summed E-state index contributed by atoms with van der Waals surface area (Å²) in [5, 5.41) is 5.68. The largest absolute Gasteiger partial charge is 0.457 e. The highest BCUT2D eigenvalue weighted by molar-refractivity contribution is 7.80. The van der Waals surface area contributed by atoms with Gasteiger partial charge in [-0.25, -0.2) is 9.37 Å². The zero-order chi connectivity index (χ0) is 19.9. The Labute approximate surface area is 166 Å². The average Bonchev–Trinajstić information content (AvgIpc) is 2.65. The first-order valence-electron chi connectivity index (χ1n) is 8.33. The lowest BCUT2D eigenvalue weighted by Gasteiger charge is -2.11. The summed E-state index contributed by atoms with van der Waals surface area (Å²) >= 11 is 5.15. The summed E-state index contributed by atoms with van der Waals surface area (Å²) in [6, 6.07) is 16.1. The number of anilines is 2. The Balaban J connectivity index is 1.51. The van der Waals surface area contributed by atoms with E-state index in [9.17, 15) is 9.18 Å². The van der Waals surface area contributed by atoms with E-state index in [0.29, 0.717) is 28.6 Å². The lowest BCUT2D eigenvalue weighted by molar-refractivity contribution is -0.119. The van der Waals surface area contributed by atoms with Gasteiger partial charge in [0.15, 0.2) is 5.11 Å². The molecule has 0 spiro atoms. The minimum absolute atomic E-state index is 0.101. The molecule has 0 aliphatic heterocycles. The summed E-state index contributed by atoms with van der Waals surface area (Å²) in [4.78, 5) is 15.9. The molecule has 0 radical (unpaired) electrons. The molecule has 0 saturated carbocycles. The fraction of sp³-hybridized carbons (Fsp3) is 0.0500. The van der Waals surface area contributed by atoms with Crippen LogP contribution in [0.1, 0.15) is 5.56 Å². The third kappa shape index (κ3) is 5.75. The standard InChI is InChI=1S/C20H17FN4O2S/c21-14-3-1-13(2-4-14)11-19(26)25-20(28)24-15-5-7-16(8-6-15)27-17-9-10-23-18(22)12-17/h1-10,12H,11H2,(H2,22,23)(H2,24,25,26,28). The summed E-state index contributed by atoms with van der Waals surface area (Å²) in [5.74, 6) is 0.928. The number of carbonyl (C=O) groups excluding carboxylic acids is 1. The molecular formula is C20H17FN4O2S. The second-order valence-electron chi connectivity index (χ2n) is 5.85. The molecule has 6 nitrogen and oxygen atoms in total. The summed E-state index contributed by atoms with van der Waals surface area (Å²) in [6.45, 7) is 0. The van der Waals surface area contributed by atoms with Crippen LogP contribution in [0.15, 0.2) is 66.9 Å². The molecule has 0 aliphatic rings. The number of nitrogens with zero attached hydrogens (tertiary/aromatic N) is 1. The predicted octanol–water partition coefficient (Wildman–Crippen LogP) is 3.65. The summed E-state index contributed by atoms with van der Waals surface area (Å²) in [5.41, 5.74) is 7.00. The summed E-state index contributed by atoms with van der Waals surface area (Å²) in [6.07, 6.45) is 1.66. The first kappa shape index (κ1) is 19.2. The molecule has 4 N–H and O–H groups in total. The van der Waals surface area contributed by atoms with Crippen LogP contribution in [0, 0.1) is 5.82 Å². The molecule has 1 heterocycles. The van der Waals surface area contributed by atoms with E-state index in [1.165, 1.54) is 12.1 Å². The highest BCUT2D eigenvalue weighted by Crippen LogP contribution is 2.23. The molecule has 2 aromatic carbocycles. The SMILES string of the molecule is Nc1cc(Oc2ccc(NC(=S)NC(=O)Cc3ccc(F)cc3)cc2)ccn1. The van der Waals surface area contributed by atoms with Crippen molar-refractivity contribution < 1.29 is 13.9 Å². The van der Waals surface area contributed by atoms with Crippen LogP contribution in [0.2, 0.25) is 0 Å². The Morgan fingerprint density at radius 2 is 1.79 bits per heavy atom. The Morgan fingerprint density at radius 3 is 2.46 bits per heavy atom. The molecule has 3 rings (SSSR count). The molecule has 1 aromatic heterocycles. The van der Waals surface area contributed by atoms with Gasteiger partial charge in [0.25, 0.3) is 0 Å². The van der Waals surface area contributed by atoms with Gasteiger partial charge in [0.05, 0.1) is 6.42 Å². The molecule has 3 aromatic rings. The van der Waals surface area contributed by atoms with Crippen molar-refractivity contribution in [3.05, 3.63) is 78.2 Å². The van der Waals surface area contributed by atoms with Gasteiger partial charge < -0.3 is 21.1 Å². The second kappa shape index (κ2) is 8.92. The predicted molar refractivity (Wildman–Crippen MR) is 110 cm³/mol. The van der Waals surface area contributed by atoms with E-state index in [1.807, 2.05) is 0 Å². The monoisotopic (exact) mass is 396 g/mol. The molecule has 0 atom stereocenters. The van der Waals surface area contributed by atoms with E-state index in [2.05, 4.69) is 15.6 Å². The molecule has 28 heavy (non-hydrogen) atoms. The van der Waals surface area contributed by atoms with E-state index in [1.54, 1.807) is 54.7 Å². The highest BCUT2D eigenvalue weighted by atomic mass is 32.1. The maximum Gasteiger partial charge on any atom is 0.230 e. The number of hydrogen-bond donors (Lipinski definition) is 3. The Hall–Kier alpha value is -3.52. The van der Waals surface area contributed by atoms with Gasteiger partial charge in [-0.3, -0.25) is 4.79 Å². The third-order valence-corrected chi connectivity index (χ3v) is 3.84. The average molecular weight is 396 g/mol. The number of nitrogens with one attached hydrogen (secondary N) is 2. The fourth-order valence-electron chi connectivity index (χ4n) is 2.35. The van der Waals surface area contributed by atoms with Crippen LogP contribution in [-0.2, 0) is 11.2 Å². The molecule has 0 bridgehead atoms. The van der Waals surface area contributed by atoms with Crippen molar-refractivity contribution >= 4 is 34.7 Å². The quantitative estimate of drug-likeness (QED) is 0.571. The lowest BCUT2D eigenvalue weighted by Crippen LogP contribution is -2.35. The van der Waals surface area contributed by atoms with Crippen molar-refractivity contribution in [3.8, 4) is 11.5 Å². The van der Waals surface area contributed by atoms with Crippen molar-refractivity contribution in [1.82, 2.24) is 10.3 Å². The van der Waals surface area contributed by atoms with Crippen LogP contribution in [0.5, 0.6) is 11.5 Å². The van der Waals surface area contributed by atoms with E-state index < -0.39 is 0 Å². The zero-order valence-corrected chi connectivity index (χ0v) is 15.5. The lowest BCUT2D eigenvalue weighted by atomic mass is 10.1. The van der Waals surface area contributed by atoms with Gasteiger partial charge in [-0.15, -0.1) is 0 Å². The van der Waals surface area contributed by atoms with Gasteiger partial charge in [0.1, 0.15) is 23.1 Å². The minimum atomic E-state index is -0.346. The number of nitrogen functional groups attached to an aromatic ring is 1. The second-order valence-corrected chi connectivity index (χ2v) is 6.26. The van der Waals surface area contributed by atoms with Crippen LogP contribution in [0.25, 0.3) is 0 Å². The molecule has 8 heteroatoms. The van der Waals surface area contributed by atoms with Gasteiger partial charge >= 0.3 is 0 Å². The zero-order valence-electron chi connectivity index (χ0n) is 14.7. The van der Waals surface area contributed by atoms with Crippen LogP contribution < -0.4 is 21.1 Å². The maximum atomic E-state index is 12.9. The topological polar surface area (TPSA) is 89.3 Å².